The smallest absolute Gasteiger partial charge is 0.159 e. The van der Waals surface area contributed by atoms with E-state index in [4.69, 9.17) is 4.42 Å². The third kappa shape index (κ3) is 4.74. The van der Waals surface area contributed by atoms with Crippen molar-refractivity contribution in [3.8, 4) is 33.4 Å². The Hall–Kier alpha value is -6.90. The summed E-state index contributed by atoms with van der Waals surface area (Å²) in [6, 6.07) is 68.2. The lowest BCUT2D eigenvalue weighted by Gasteiger charge is -2.28. The first kappa shape index (κ1) is 31.6. The Morgan fingerprint density at radius 1 is 0.436 bits per heavy atom. The van der Waals surface area contributed by atoms with Crippen molar-refractivity contribution in [2.24, 2.45) is 0 Å². The van der Waals surface area contributed by atoms with Gasteiger partial charge in [-0.05, 0) is 97.1 Å². The van der Waals surface area contributed by atoms with Gasteiger partial charge in [0.05, 0.1) is 11.4 Å². The summed E-state index contributed by atoms with van der Waals surface area (Å²) in [6.45, 7) is 4.77. The molecule has 2 nitrogen and oxygen atoms in total. The first-order valence-corrected chi connectivity index (χ1v) is 19.1. The van der Waals surface area contributed by atoms with Crippen molar-refractivity contribution < 1.29 is 4.42 Å². The second-order valence-corrected chi connectivity index (χ2v) is 15.2. The zero-order chi connectivity index (χ0) is 36.7. The molecule has 0 saturated heterocycles. The summed E-state index contributed by atoms with van der Waals surface area (Å²) >= 11 is 0. The van der Waals surface area contributed by atoms with Crippen LogP contribution in [0, 0.1) is 0 Å². The van der Waals surface area contributed by atoms with Crippen molar-refractivity contribution in [1.82, 2.24) is 0 Å². The van der Waals surface area contributed by atoms with Crippen LogP contribution in [0.4, 0.5) is 17.1 Å². The highest BCUT2D eigenvalue weighted by Gasteiger charge is 2.38. The Morgan fingerprint density at radius 3 is 1.93 bits per heavy atom. The van der Waals surface area contributed by atoms with Gasteiger partial charge in [0, 0.05) is 27.3 Å². The number of para-hydroxylation sites is 2. The van der Waals surface area contributed by atoms with E-state index in [-0.39, 0.29) is 5.41 Å². The highest BCUT2D eigenvalue weighted by atomic mass is 16.3. The van der Waals surface area contributed by atoms with Crippen molar-refractivity contribution >= 4 is 60.5 Å². The van der Waals surface area contributed by atoms with E-state index in [1.165, 1.54) is 66.1 Å². The van der Waals surface area contributed by atoms with Crippen molar-refractivity contribution in [3.63, 3.8) is 0 Å². The number of hydrogen-bond donors (Lipinski definition) is 0. The number of furan rings is 1. The van der Waals surface area contributed by atoms with Crippen LogP contribution >= 0.6 is 0 Å². The van der Waals surface area contributed by atoms with Gasteiger partial charge in [0.2, 0.25) is 0 Å². The largest absolute Gasteiger partial charge is 0.454 e. The number of benzene rings is 9. The summed E-state index contributed by atoms with van der Waals surface area (Å²) in [5.41, 5.74) is 15.1. The third-order valence-corrected chi connectivity index (χ3v) is 11.8. The molecular weight excluding hydrogens is 667 g/mol. The Balaban J connectivity index is 1.18. The molecule has 0 spiro atoms. The highest BCUT2D eigenvalue weighted by Crippen LogP contribution is 2.56. The third-order valence-electron chi connectivity index (χ3n) is 11.8. The number of rotatable bonds is 5. The molecule has 2 heteroatoms. The van der Waals surface area contributed by atoms with Gasteiger partial charge in [0.15, 0.2) is 5.58 Å². The average molecular weight is 704 g/mol. The summed E-state index contributed by atoms with van der Waals surface area (Å²) in [5, 5.41) is 7.20. The van der Waals surface area contributed by atoms with E-state index in [1.807, 2.05) is 6.07 Å². The van der Waals surface area contributed by atoms with Gasteiger partial charge < -0.3 is 9.32 Å². The van der Waals surface area contributed by atoms with E-state index in [2.05, 4.69) is 201 Å². The number of fused-ring (bicyclic) bond motifs is 9. The Kier molecular flexibility index (Phi) is 6.93. The molecule has 11 rings (SSSR count). The molecule has 55 heavy (non-hydrogen) atoms. The molecule has 0 bridgehead atoms. The standard InChI is InChI=1S/C53H37NO/c1-53(2)46-24-12-10-22-44(46)50-45(33-36-17-6-7-18-38(36)51(50)53)40-31-32-47(41-20-9-8-19-39(40)41)54(37-29-27-35(28-30-37)34-15-4-3-5-16-34)48-25-14-23-43-42-21-11-13-26-49(42)55-52(43)48/h3-33H,1-2H3. The van der Waals surface area contributed by atoms with Crippen molar-refractivity contribution in [2.75, 3.05) is 4.90 Å². The first-order valence-electron chi connectivity index (χ1n) is 19.1. The van der Waals surface area contributed by atoms with Crippen LogP contribution in [-0.2, 0) is 5.41 Å². The maximum Gasteiger partial charge on any atom is 0.159 e. The Morgan fingerprint density at radius 2 is 1.09 bits per heavy atom. The van der Waals surface area contributed by atoms with E-state index in [9.17, 15) is 0 Å². The number of hydrogen-bond acceptors (Lipinski definition) is 2. The van der Waals surface area contributed by atoms with Gasteiger partial charge >= 0.3 is 0 Å². The molecule has 1 aliphatic rings. The number of anilines is 3. The van der Waals surface area contributed by atoms with Gasteiger partial charge in [0.25, 0.3) is 0 Å². The molecule has 0 N–H and O–H groups in total. The molecule has 0 radical (unpaired) electrons. The second-order valence-electron chi connectivity index (χ2n) is 15.2. The van der Waals surface area contributed by atoms with Gasteiger partial charge in [-0.1, -0.05) is 166 Å². The normalized spacial score (nSPS) is 13.1. The van der Waals surface area contributed by atoms with Crippen LogP contribution in [0.3, 0.4) is 0 Å². The van der Waals surface area contributed by atoms with Crippen molar-refractivity contribution in [3.05, 3.63) is 199 Å². The lowest BCUT2D eigenvalue weighted by molar-refractivity contribution is 0.666. The predicted molar refractivity (Wildman–Crippen MR) is 232 cm³/mol. The maximum absolute atomic E-state index is 6.71. The number of nitrogens with zero attached hydrogens (tertiary/aromatic N) is 1. The SMILES string of the molecule is CC1(C)c2ccccc2-c2c(-c3ccc(N(c4ccc(-c5ccccc5)cc4)c4cccc5c4oc4ccccc45)c4ccccc34)cc3ccccc3c21. The quantitative estimate of drug-likeness (QED) is 0.177. The van der Waals surface area contributed by atoms with E-state index >= 15 is 0 Å². The molecule has 0 unspecified atom stereocenters. The van der Waals surface area contributed by atoms with E-state index in [1.54, 1.807) is 0 Å². The summed E-state index contributed by atoms with van der Waals surface area (Å²) < 4.78 is 6.71. The topological polar surface area (TPSA) is 16.4 Å². The summed E-state index contributed by atoms with van der Waals surface area (Å²) in [4.78, 5) is 2.38. The molecular formula is C53H37NO. The minimum absolute atomic E-state index is 0.134. The minimum Gasteiger partial charge on any atom is -0.454 e. The first-order chi connectivity index (χ1) is 27.1. The fourth-order valence-corrected chi connectivity index (χ4v) is 9.33. The highest BCUT2D eigenvalue weighted by molar-refractivity contribution is 6.15. The Labute approximate surface area is 320 Å². The second kappa shape index (κ2) is 12.1. The van der Waals surface area contributed by atoms with Crippen LogP contribution in [0.5, 0.6) is 0 Å². The zero-order valence-corrected chi connectivity index (χ0v) is 30.8. The van der Waals surface area contributed by atoms with Gasteiger partial charge in [-0.15, -0.1) is 0 Å². The maximum atomic E-state index is 6.71. The molecule has 1 heterocycles. The fourth-order valence-electron chi connectivity index (χ4n) is 9.33. The molecule has 0 atom stereocenters. The van der Waals surface area contributed by atoms with Crippen LogP contribution in [0.1, 0.15) is 25.0 Å². The molecule has 1 aliphatic carbocycles. The molecule has 0 fully saturated rings. The fraction of sp³-hybridized carbons (Fsp3) is 0.0566. The molecule has 0 amide bonds. The molecule has 1 aromatic heterocycles. The molecule has 260 valence electrons. The monoisotopic (exact) mass is 703 g/mol. The minimum atomic E-state index is -0.134. The van der Waals surface area contributed by atoms with E-state index in [0.717, 1.165) is 39.0 Å². The van der Waals surface area contributed by atoms with Crippen LogP contribution in [0.2, 0.25) is 0 Å². The zero-order valence-electron chi connectivity index (χ0n) is 30.8. The summed E-state index contributed by atoms with van der Waals surface area (Å²) in [5.74, 6) is 0. The predicted octanol–water partition coefficient (Wildman–Crippen LogP) is 15.0. The van der Waals surface area contributed by atoms with Crippen LogP contribution in [-0.4, -0.2) is 0 Å². The molecule has 9 aromatic carbocycles. The molecule has 0 aliphatic heterocycles. The summed E-state index contributed by atoms with van der Waals surface area (Å²) in [6.07, 6.45) is 0. The van der Waals surface area contributed by atoms with Gasteiger partial charge in [-0.25, -0.2) is 0 Å². The van der Waals surface area contributed by atoms with Crippen LogP contribution < -0.4 is 4.90 Å². The average Bonchev–Trinajstić information content (AvgIpc) is 3.74. The van der Waals surface area contributed by atoms with Crippen molar-refractivity contribution in [1.29, 1.82) is 0 Å². The van der Waals surface area contributed by atoms with Gasteiger partial charge in [-0.3, -0.25) is 0 Å². The van der Waals surface area contributed by atoms with Gasteiger partial charge in [-0.2, -0.15) is 0 Å². The molecule has 0 saturated carbocycles. The van der Waals surface area contributed by atoms with E-state index < -0.39 is 0 Å². The lowest BCUT2D eigenvalue weighted by atomic mass is 9.79. The molecule has 10 aromatic rings. The Bertz CT molecular complexity index is 3110. The van der Waals surface area contributed by atoms with Crippen LogP contribution in [0.25, 0.3) is 76.9 Å². The van der Waals surface area contributed by atoms with Gasteiger partial charge in [0.1, 0.15) is 5.58 Å². The van der Waals surface area contributed by atoms with Crippen LogP contribution in [0.15, 0.2) is 192 Å². The lowest BCUT2D eigenvalue weighted by Crippen LogP contribution is -2.15. The summed E-state index contributed by atoms with van der Waals surface area (Å²) in [7, 11) is 0. The van der Waals surface area contributed by atoms with E-state index in [0.29, 0.717) is 0 Å². The van der Waals surface area contributed by atoms with Crippen molar-refractivity contribution in [2.45, 2.75) is 19.3 Å².